The third-order valence-corrected chi connectivity index (χ3v) is 3.20. The molecule has 1 aromatic carbocycles. The molecule has 3 N–H and O–H groups in total. The van der Waals surface area contributed by atoms with Gasteiger partial charge in [0.2, 0.25) is 0 Å². The van der Waals surface area contributed by atoms with E-state index in [0.717, 1.165) is 0 Å². The molecule has 116 valence electrons. The molecule has 0 aliphatic carbocycles. The Morgan fingerprint density at radius 2 is 2.05 bits per heavy atom. The molecule has 0 radical (unpaired) electrons. The van der Waals surface area contributed by atoms with E-state index in [2.05, 4.69) is 15.5 Å². The summed E-state index contributed by atoms with van der Waals surface area (Å²) in [5, 5.41) is 18.0. The van der Waals surface area contributed by atoms with Crippen molar-refractivity contribution in [3.05, 3.63) is 41.8 Å². The molecule has 0 saturated carbocycles. The summed E-state index contributed by atoms with van der Waals surface area (Å²) in [5.74, 6) is -2.00. The zero-order chi connectivity index (χ0) is 16.1. The van der Waals surface area contributed by atoms with E-state index in [0.29, 0.717) is 24.1 Å². The molecule has 7 heteroatoms. The fourth-order valence-corrected chi connectivity index (χ4v) is 2.08. The molecular weight excluding hydrogens is 289 g/mol. The van der Waals surface area contributed by atoms with Crippen LogP contribution >= 0.6 is 0 Å². The molecule has 2 aromatic rings. The molecule has 0 saturated heterocycles. The Bertz CT molecular complexity index is 667. The number of amides is 1. The fourth-order valence-electron chi connectivity index (χ4n) is 2.08. The number of carbonyl (C=O) groups excluding carboxylic acids is 1. The molecule has 0 aliphatic heterocycles. The maximum Gasteiger partial charge on any atom is 0.326 e. The summed E-state index contributed by atoms with van der Waals surface area (Å²) in [7, 11) is 0. The van der Waals surface area contributed by atoms with Crippen LogP contribution in [0.2, 0.25) is 0 Å². The van der Waals surface area contributed by atoms with Gasteiger partial charge in [0.25, 0.3) is 5.91 Å². The molecule has 0 spiro atoms. The molecule has 1 atom stereocenters. The summed E-state index contributed by atoms with van der Waals surface area (Å²) in [4.78, 5) is 23.4. The van der Waals surface area contributed by atoms with Crippen LogP contribution in [-0.4, -0.2) is 33.2 Å². The first-order chi connectivity index (χ1) is 10.5. The second-order valence-corrected chi connectivity index (χ2v) is 4.82. The molecule has 0 fully saturated rings. The minimum Gasteiger partial charge on any atom is -0.480 e. The summed E-state index contributed by atoms with van der Waals surface area (Å²) < 4.78 is 13.0. The Hall–Kier alpha value is -2.70. The third kappa shape index (κ3) is 3.49. The minimum absolute atomic E-state index is 0.217. The van der Waals surface area contributed by atoms with Gasteiger partial charge < -0.3 is 10.4 Å². The van der Waals surface area contributed by atoms with Crippen LogP contribution in [0.25, 0.3) is 11.3 Å². The van der Waals surface area contributed by atoms with Gasteiger partial charge in [0, 0.05) is 5.56 Å². The number of halogens is 1. The number of aromatic amines is 1. The lowest BCUT2D eigenvalue weighted by molar-refractivity contribution is -0.139. The van der Waals surface area contributed by atoms with Crippen molar-refractivity contribution >= 4 is 11.9 Å². The number of rotatable bonds is 6. The molecule has 1 amide bonds. The number of benzene rings is 1. The van der Waals surface area contributed by atoms with Crippen molar-refractivity contribution in [2.75, 3.05) is 0 Å². The van der Waals surface area contributed by atoms with Crippen LogP contribution in [0, 0.1) is 5.82 Å². The normalized spacial score (nSPS) is 11.9. The van der Waals surface area contributed by atoms with Crippen molar-refractivity contribution in [3.63, 3.8) is 0 Å². The van der Waals surface area contributed by atoms with Gasteiger partial charge in [-0.25, -0.2) is 9.18 Å². The van der Waals surface area contributed by atoms with Crippen LogP contribution in [0.5, 0.6) is 0 Å². The van der Waals surface area contributed by atoms with Crippen molar-refractivity contribution in [1.29, 1.82) is 0 Å². The summed E-state index contributed by atoms with van der Waals surface area (Å²) in [6, 6.07) is 4.62. The Morgan fingerprint density at radius 3 is 2.64 bits per heavy atom. The molecule has 6 nitrogen and oxygen atoms in total. The van der Waals surface area contributed by atoms with Crippen LogP contribution in [0.15, 0.2) is 30.5 Å². The van der Waals surface area contributed by atoms with Gasteiger partial charge in [0.1, 0.15) is 11.9 Å². The molecule has 0 unspecified atom stereocenters. The Balaban J connectivity index is 2.23. The van der Waals surface area contributed by atoms with E-state index >= 15 is 0 Å². The monoisotopic (exact) mass is 305 g/mol. The summed E-state index contributed by atoms with van der Waals surface area (Å²) in [5.41, 5.74) is 1.22. The van der Waals surface area contributed by atoms with E-state index in [1.807, 2.05) is 6.92 Å². The van der Waals surface area contributed by atoms with Gasteiger partial charge in [-0.2, -0.15) is 5.10 Å². The Kier molecular flexibility index (Phi) is 4.88. The predicted molar refractivity (Wildman–Crippen MR) is 77.8 cm³/mol. The molecule has 0 aliphatic rings. The quantitative estimate of drug-likeness (QED) is 0.762. The van der Waals surface area contributed by atoms with E-state index in [1.54, 1.807) is 0 Å². The fraction of sp³-hybridized carbons (Fsp3) is 0.267. The van der Waals surface area contributed by atoms with Crippen molar-refractivity contribution in [3.8, 4) is 11.3 Å². The Labute approximate surface area is 126 Å². The van der Waals surface area contributed by atoms with E-state index in [-0.39, 0.29) is 11.4 Å². The number of hydrogen-bond acceptors (Lipinski definition) is 3. The average Bonchev–Trinajstić information content (AvgIpc) is 2.97. The van der Waals surface area contributed by atoms with Gasteiger partial charge >= 0.3 is 5.97 Å². The first-order valence-corrected chi connectivity index (χ1v) is 6.86. The van der Waals surface area contributed by atoms with Gasteiger partial charge in [0.05, 0.1) is 17.5 Å². The average molecular weight is 305 g/mol. The van der Waals surface area contributed by atoms with Crippen LogP contribution < -0.4 is 5.32 Å². The van der Waals surface area contributed by atoms with Crippen LogP contribution in [0.3, 0.4) is 0 Å². The van der Waals surface area contributed by atoms with E-state index < -0.39 is 17.9 Å². The van der Waals surface area contributed by atoms with Crippen molar-refractivity contribution in [2.45, 2.75) is 25.8 Å². The highest BCUT2D eigenvalue weighted by molar-refractivity contribution is 6.01. The summed E-state index contributed by atoms with van der Waals surface area (Å²) in [6.07, 6.45) is 2.29. The van der Waals surface area contributed by atoms with Crippen molar-refractivity contribution in [2.24, 2.45) is 0 Å². The molecule has 22 heavy (non-hydrogen) atoms. The molecule has 2 rings (SSSR count). The van der Waals surface area contributed by atoms with E-state index in [4.69, 9.17) is 5.11 Å². The number of aromatic nitrogens is 2. The van der Waals surface area contributed by atoms with E-state index in [9.17, 15) is 14.0 Å². The lowest BCUT2D eigenvalue weighted by atomic mass is 10.1. The smallest absolute Gasteiger partial charge is 0.326 e. The SMILES string of the molecule is CCC[C@H](NC(=O)c1cn[nH]c1-c1ccc(F)cc1)C(=O)O. The molecule has 1 aromatic heterocycles. The lowest BCUT2D eigenvalue weighted by Crippen LogP contribution is -2.40. The Morgan fingerprint density at radius 1 is 1.36 bits per heavy atom. The standard InChI is InChI=1S/C15H16FN3O3/c1-2-3-12(15(21)22)18-14(20)11-8-17-19-13(11)9-4-6-10(16)7-5-9/h4-8,12H,2-3H2,1H3,(H,17,19)(H,18,20)(H,21,22)/t12-/m0/s1. The number of carboxylic acids is 1. The number of hydrogen-bond donors (Lipinski definition) is 3. The van der Waals surface area contributed by atoms with Crippen LogP contribution in [0.4, 0.5) is 4.39 Å². The maximum atomic E-state index is 13.0. The van der Waals surface area contributed by atoms with Gasteiger partial charge in [-0.05, 0) is 30.7 Å². The highest BCUT2D eigenvalue weighted by Gasteiger charge is 2.22. The van der Waals surface area contributed by atoms with Gasteiger partial charge in [-0.1, -0.05) is 13.3 Å². The number of carboxylic acid groups (broad SMARTS) is 1. The second kappa shape index (κ2) is 6.84. The van der Waals surface area contributed by atoms with Gasteiger partial charge in [-0.3, -0.25) is 9.89 Å². The summed E-state index contributed by atoms with van der Waals surface area (Å²) >= 11 is 0. The second-order valence-electron chi connectivity index (χ2n) is 4.82. The number of nitrogens with one attached hydrogen (secondary N) is 2. The van der Waals surface area contributed by atoms with E-state index in [1.165, 1.54) is 30.5 Å². The number of aliphatic carboxylic acids is 1. The number of H-pyrrole nitrogens is 1. The van der Waals surface area contributed by atoms with Gasteiger partial charge in [-0.15, -0.1) is 0 Å². The predicted octanol–water partition coefficient (Wildman–Crippen LogP) is 2.20. The zero-order valence-corrected chi connectivity index (χ0v) is 12.0. The molecule has 0 bridgehead atoms. The largest absolute Gasteiger partial charge is 0.480 e. The van der Waals surface area contributed by atoms with Crippen LogP contribution in [-0.2, 0) is 4.79 Å². The number of carbonyl (C=O) groups is 2. The number of nitrogens with zero attached hydrogens (tertiary/aromatic N) is 1. The maximum absolute atomic E-state index is 13.0. The third-order valence-electron chi connectivity index (χ3n) is 3.20. The molecule has 1 heterocycles. The highest BCUT2D eigenvalue weighted by atomic mass is 19.1. The van der Waals surface area contributed by atoms with Crippen LogP contribution in [0.1, 0.15) is 30.1 Å². The minimum atomic E-state index is -1.08. The van der Waals surface area contributed by atoms with Gasteiger partial charge in [0.15, 0.2) is 0 Å². The van der Waals surface area contributed by atoms with Crippen molar-refractivity contribution in [1.82, 2.24) is 15.5 Å². The summed E-state index contributed by atoms with van der Waals surface area (Å²) in [6.45, 7) is 1.84. The van der Waals surface area contributed by atoms with Crippen molar-refractivity contribution < 1.29 is 19.1 Å². The highest BCUT2D eigenvalue weighted by Crippen LogP contribution is 2.21. The molecular formula is C15H16FN3O3. The lowest BCUT2D eigenvalue weighted by Gasteiger charge is -2.13. The first kappa shape index (κ1) is 15.7. The first-order valence-electron chi connectivity index (χ1n) is 6.86. The topological polar surface area (TPSA) is 95.1 Å². The zero-order valence-electron chi connectivity index (χ0n) is 12.0.